The number of ether oxygens (including phenoxy) is 2. The highest BCUT2D eigenvalue weighted by molar-refractivity contribution is 5.79. The number of hydrogen-bond donors (Lipinski definition) is 0. The summed E-state index contributed by atoms with van der Waals surface area (Å²) in [4.78, 5) is 25.8. The van der Waals surface area contributed by atoms with Crippen molar-refractivity contribution in [2.45, 2.75) is 38.7 Å². The molecule has 0 N–H and O–H groups in total. The Kier molecular flexibility index (Phi) is 7.18. The zero-order chi connectivity index (χ0) is 17.4. The summed E-state index contributed by atoms with van der Waals surface area (Å²) >= 11 is 0. The number of rotatable bonds is 8. The molecule has 1 heterocycles. The van der Waals surface area contributed by atoms with E-state index < -0.39 is 0 Å². The molecule has 1 atom stereocenters. The number of amides is 1. The van der Waals surface area contributed by atoms with Gasteiger partial charge in [0.25, 0.3) is 0 Å². The van der Waals surface area contributed by atoms with Gasteiger partial charge in [-0.15, -0.1) is 0 Å². The minimum atomic E-state index is -0.329. The number of benzene rings is 1. The Morgan fingerprint density at radius 3 is 2.71 bits per heavy atom. The van der Waals surface area contributed by atoms with Crippen LogP contribution < -0.4 is 0 Å². The van der Waals surface area contributed by atoms with Gasteiger partial charge in [0.05, 0.1) is 25.6 Å². The summed E-state index contributed by atoms with van der Waals surface area (Å²) in [7, 11) is 0. The SMILES string of the molecule is CCOC(=O)CCN(CC1CCCO1)C(=O)Cc1ccc(F)cc1. The molecule has 1 saturated heterocycles. The first-order valence-corrected chi connectivity index (χ1v) is 8.38. The van der Waals surface area contributed by atoms with Crippen molar-refractivity contribution in [1.29, 1.82) is 0 Å². The van der Waals surface area contributed by atoms with Crippen LogP contribution in [-0.2, 0) is 25.5 Å². The molecule has 2 rings (SSSR count). The zero-order valence-corrected chi connectivity index (χ0v) is 14.0. The van der Waals surface area contributed by atoms with E-state index in [9.17, 15) is 14.0 Å². The number of carbonyl (C=O) groups excluding carboxylic acids is 2. The van der Waals surface area contributed by atoms with Crippen LogP contribution in [0.4, 0.5) is 4.39 Å². The van der Waals surface area contributed by atoms with Crippen molar-refractivity contribution in [3.63, 3.8) is 0 Å². The first kappa shape index (κ1) is 18.4. The Bertz CT molecular complexity index is 540. The van der Waals surface area contributed by atoms with Crippen LogP contribution in [0.5, 0.6) is 0 Å². The molecule has 1 amide bonds. The average molecular weight is 337 g/mol. The fourth-order valence-electron chi connectivity index (χ4n) is 2.70. The number of esters is 1. The Hall–Kier alpha value is -1.95. The van der Waals surface area contributed by atoms with Crippen LogP contribution in [0, 0.1) is 5.82 Å². The Morgan fingerprint density at radius 1 is 1.33 bits per heavy atom. The second kappa shape index (κ2) is 9.37. The van der Waals surface area contributed by atoms with Gasteiger partial charge in [-0.25, -0.2) is 4.39 Å². The molecule has 6 heteroatoms. The lowest BCUT2D eigenvalue weighted by molar-refractivity contribution is -0.144. The first-order chi connectivity index (χ1) is 11.6. The van der Waals surface area contributed by atoms with E-state index in [1.165, 1.54) is 12.1 Å². The molecule has 0 aliphatic carbocycles. The lowest BCUT2D eigenvalue weighted by Gasteiger charge is -2.25. The van der Waals surface area contributed by atoms with E-state index in [1.807, 2.05) is 0 Å². The topological polar surface area (TPSA) is 55.8 Å². The summed E-state index contributed by atoms with van der Waals surface area (Å²) in [6.07, 6.45) is 2.26. The maximum atomic E-state index is 13.0. The first-order valence-electron chi connectivity index (χ1n) is 8.38. The largest absolute Gasteiger partial charge is 0.466 e. The minimum Gasteiger partial charge on any atom is -0.466 e. The zero-order valence-electron chi connectivity index (χ0n) is 14.0. The van der Waals surface area contributed by atoms with Crippen molar-refractivity contribution in [2.24, 2.45) is 0 Å². The predicted molar refractivity (Wildman–Crippen MR) is 86.9 cm³/mol. The molecule has 0 bridgehead atoms. The third-order valence-corrected chi connectivity index (χ3v) is 3.96. The minimum absolute atomic E-state index is 0.0179. The van der Waals surface area contributed by atoms with Crippen molar-refractivity contribution < 1.29 is 23.5 Å². The summed E-state index contributed by atoms with van der Waals surface area (Å²) in [5.41, 5.74) is 0.745. The number of halogens is 1. The van der Waals surface area contributed by atoms with Crippen molar-refractivity contribution in [3.8, 4) is 0 Å². The standard InChI is InChI=1S/C18H24FNO4/c1-2-23-18(22)9-10-20(13-16-4-3-11-24-16)17(21)12-14-5-7-15(19)8-6-14/h5-8,16H,2-4,9-13H2,1H3. The molecule has 1 aliphatic heterocycles. The second-order valence-electron chi connectivity index (χ2n) is 5.83. The number of carbonyl (C=O) groups is 2. The molecule has 1 unspecified atom stereocenters. The van der Waals surface area contributed by atoms with Gasteiger partial charge >= 0.3 is 5.97 Å². The van der Waals surface area contributed by atoms with E-state index in [1.54, 1.807) is 24.0 Å². The quantitative estimate of drug-likeness (QED) is 0.683. The van der Waals surface area contributed by atoms with Gasteiger partial charge in [-0.2, -0.15) is 0 Å². The van der Waals surface area contributed by atoms with Gasteiger partial charge in [0, 0.05) is 19.7 Å². The third kappa shape index (κ3) is 5.92. The molecule has 0 radical (unpaired) electrons. The van der Waals surface area contributed by atoms with Crippen molar-refractivity contribution in [2.75, 3.05) is 26.3 Å². The van der Waals surface area contributed by atoms with Gasteiger partial charge in [-0.3, -0.25) is 9.59 Å². The Balaban J connectivity index is 1.95. The van der Waals surface area contributed by atoms with Crippen molar-refractivity contribution in [1.82, 2.24) is 4.90 Å². The lowest BCUT2D eigenvalue weighted by Crippen LogP contribution is -2.39. The van der Waals surface area contributed by atoms with Gasteiger partial charge in [0.1, 0.15) is 5.82 Å². The van der Waals surface area contributed by atoms with Crippen LogP contribution in [0.3, 0.4) is 0 Å². The van der Waals surface area contributed by atoms with E-state index in [4.69, 9.17) is 9.47 Å². The summed E-state index contributed by atoms with van der Waals surface area (Å²) in [5, 5.41) is 0. The number of nitrogens with zero attached hydrogens (tertiary/aromatic N) is 1. The third-order valence-electron chi connectivity index (χ3n) is 3.96. The van der Waals surface area contributed by atoms with E-state index in [-0.39, 0.29) is 36.6 Å². The van der Waals surface area contributed by atoms with Gasteiger partial charge in [-0.1, -0.05) is 12.1 Å². The van der Waals surface area contributed by atoms with Gasteiger partial charge in [-0.05, 0) is 37.5 Å². The fraction of sp³-hybridized carbons (Fsp3) is 0.556. The highest BCUT2D eigenvalue weighted by Crippen LogP contribution is 2.15. The monoisotopic (exact) mass is 337 g/mol. The normalized spacial score (nSPS) is 16.8. The molecule has 1 aliphatic rings. The van der Waals surface area contributed by atoms with Crippen LogP contribution in [-0.4, -0.2) is 49.2 Å². The Labute approximate surface area is 141 Å². The molecule has 132 valence electrons. The van der Waals surface area contributed by atoms with Crippen LogP contribution in [0.25, 0.3) is 0 Å². The van der Waals surface area contributed by atoms with E-state index >= 15 is 0 Å². The summed E-state index contributed by atoms with van der Waals surface area (Å²) in [6.45, 7) is 3.57. The highest BCUT2D eigenvalue weighted by Gasteiger charge is 2.23. The molecule has 0 saturated carbocycles. The maximum absolute atomic E-state index is 13.0. The van der Waals surface area contributed by atoms with Crippen molar-refractivity contribution in [3.05, 3.63) is 35.6 Å². The molecule has 1 aromatic carbocycles. The van der Waals surface area contributed by atoms with Crippen LogP contribution in [0.2, 0.25) is 0 Å². The lowest BCUT2D eigenvalue weighted by atomic mass is 10.1. The molecule has 0 spiro atoms. The van der Waals surface area contributed by atoms with Crippen LogP contribution >= 0.6 is 0 Å². The van der Waals surface area contributed by atoms with Crippen molar-refractivity contribution >= 4 is 11.9 Å². The van der Waals surface area contributed by atoms with E-state index in [0.29, 0.717) is 26.3 Å². The summed E-state index contributed by atoms with van der Waals surface area (Å²) in [6, 6.07) is 5.88. The van der Waals surface area contributed by atoms with Gasteiger partial charge < -0.3 is 14.4 Å². The molecular formula is C18H24FNO4. The van der Waals surface area contributed by atoms with Gasteiger partial charge in [0.2, 0.25) is 5.91 Å². The maximum Gasteiger partial charge on any atom is 0.307 e. The molecule has 5 nitrogen and oxygen atoms in total. The molecule has 1 aromatic rings. The molecule has 0 aromatic heterocycles. The van der Waals surface area contributed by atoms with Gasteiger partial charge in [0.15, 0.2) is 0 Å². The fourth-order valence-corrected chi connectivity index (χ4v) is 2.70. The van der Waals surface area contributed by atoms with E-state index in [2.05, 4.69) is 0 Å². The van der Waals surface area contributed by atoms with Crippen LogP contribution in [0.15, 0.2) is 24.3 Å². The Morgan fingerprint density at radius 2 is 2.08 bits per heavy atom. The summed E-state index contributed by atoms with van der Waals surface area (Å²) in [5.74, 6) is -0.740. The number of hydrogen-bond acceptors (Lipinski definition) is 4. The van der Waals surface area contributed by atoms with Crippen LogP contribution in [0.1, 0.15) is 31.7 Å². The average Bonchev–Trinajstić information content (AvgIpc) is 3.07. The highest BCUT2D eigenvalue weighted by atomic mass is 19.1. The molecule has 1 fully saturated rings. The molecular weight excluding hydrogens is 313 g/mol. The predicted octanol–water partition coefficient (Wildman–Crippen LogP) is 2.33. The smallest absolute Gasteiger partial charge is 0.307 e. The second-order valence-corrected chi connectivity index (χ2v) is 5.83. The molecule has 24 heavy (non-hydrogen) atoms. The summed E-state index contributed by atoms with van der Waals surface area (Å²) < 4.78 is 23.5. The van der Waals surface area contributed by atoms with E-state index in [0.717, 1.165) is 18.4 Å².